The maximum absolute atomic E-state index is 11.7. The van der Waals surface area contributed by atoms with Crippen LogP contribution in [0.25, 0.3) is 0 Å². The van der Waals surface area contributed by atoms with Crippen LogP contribution in [0.15, 0.2) is 45.4 Å². The van der Waals surface area contributed by atoms with Crippen molar-refractivity contribution in [3.8, 4) is 0 Å². The minimum absolute atomic E-state index is 0.314. The van der Waals surface area contributed by atoms with Gasteiger partial charge in [0.25, 0.3) is 5.91 Å². The number of halogens is 1. The summed E-state index contributed by atoms with van der Waals surface area (Å²) >= 11 is 4.95. The number of hydrogen-bond donors (Lipinski definition) is 1. The van der Waals surface area contributed by atoms with E-state index in [9.17, 15) is 4.79 Å². The highest BCUT2D eigenvalue weighted by atomic mass is 79.9. The number of hydrogen-bond acceptors (Lipinski definition) is 4. The molecule has 18 heavy (non-hydrogen) atoms. The molecule has 0 spiro atoms. The minimum Gasteiger partial charge on any atom is -0.266 e. The zero-order valence-corrected chi connectivity index (χ0v) is 12.0. The van der Waals surface area contributed by atoms with Gasteiger partial charge in [0.05, 0.1) is 14.4 Å². The molecule has 4 nitrogen and oxygen atoms in total. The zero-order valence-electron chi connectivity index (χ0n) is 9.55. The van der Waals surface area contributed by atoms with Crippen molar-refractivity contribution in [1.82, 2.24) is 10.4 Å². The van der Waals surface area contributed by atoms with Crippen molar-refractivity contribution in [2.75, 3.05) is 0 Å². The lowest BCUT2D eigenvalue weighted by Gasteiger charge is -2.00. The van der Waals surface area contributed by atoms with Gasteiger partial charge in [0.1, 0.15) is 5.69 Å². The Morgan fingerprint density at radius 1 is 1.39 bits per heavy atom. The van der Waals surface area contributed by atoms with Gasteiger partial charge in [0.2, 0.25) is 0 Å². The maximum Gasteiger partial charge on any atom is 0.289 e. The second-order valence-corrected chi connectivity index (χ2v) is 5.92. The van der Waals surface area contributed by atoms with E-state index in [2.05, 4.69) is 31.4 Å². The molecule has 0 aromatic carbocycles. The summed E-state index contributed by atoms with van der Waals surface area (Å²) in [6.07, 6.45) is 1.57. The summed E-state index contributed by atoms with van der Waals surface area (Å²) in [5.41, 5.74) is 3.59. The second-order valence-electron chi connectivity index (χ2n) is 3.46. The van der Waals surface area contributed by atoms with Crippen LogP contribution in [-0.2, 0) is 0 Å². The van der Waals surface area contributed by atoms with E-state index in [4.69, 9.17) is 0 Å². The normalized spacial score (nSPS) is 11.3. The fourth-order valence-electron chi connectivity index (χ4n) is 1.25. The Morgan fingerprint density at radius 2 is 2.22 bits per heavy atom. The van der Waals surface area contributed by atoms with Gasteiger partial charge < -0.3 is 0 Å². The molecular weight excluding hydrogens is 314 g/mol. The summed E-state index contributed by atoms with van der Waals surface area (Å²) in [6, 6.07) is 9.05. The number of carbonyl (C=O) groups excluding carboxylic acids is 1. The van der Waals surface area contributed by atoms with Gasteiger partial charge in [-0.05, 0) is 47.1 Å². The van der Waals surface area contributed by atoms with Gasteiger partial charge in [-0.2, -0.15) is 5.10 Å². The van der Waals surface area contributed by atoms with E-state index in [-0.39, 0.29) is 5.91 Å². The first-order chi connectivity index (χ1) is 8.66. The Bertz CT molecular complexity index is 580. The van der Waals surface area contributed by atoms with Crippen molar-refractivity contribution in [3.63, 3.8) is 0 Å². The first-order valence-corrected chi connectivity index (χ1v) is 6.79. The second kappa shape index (κ2) is 5.88. The lowest BCUT2D eigenvalue weighted by Crippen LogP contribution is -2.20. The van der Waals surface area contributed by atoms with E-state index in [1.165, 1.54) is 0 Å². The number of nitrogens with zero attached hydrogens (tertiary/aromatic N) is 2. The largest absolute Gasteiger partial charge is 0.289 e. The number of thiophene rings is 1. The third-order valence-electron chi connectivity index (χ3n) is 2.15. The fraction of sp³-hybridized carbons (Fsp3) is 0.0833. The van der Waals surface area contributed by atoms with Crippen molar-refractivity contribution >= 4 is 38.9 Å². The minimum atomic E-state index is -0.314. The molecule has 2 heterocycles. The Balaban J connectivity index is 2.05. The number of pyridine rings is 1. The van der Waals surface area contributed by atoms with E-state index in [0.717, 1.165) is 14.4 Å². The average molecular weight is 324 g/mol. The summed E-state index contributed by atoms with van der Waals surface area (Å²) in [5.74, 6) is -0.314. The van der Waals surface area contributed by atoms with Crippen LogP contribution in [-0.4, -0.2) is 16.6 Å². The lowest BCUT2D eigenvalue weighted by molar-refractivity contribution is 0.0950. The molecule has 0 unspecified atom stereocenters. The van der Waals surface area contributed by atoms with E-state index in [0.29, 0.717) is 5.69 Å². The van der Waals surface area contributed by atoms with E-state index < -0.39 is 0 Å². The molecule has 0 radical (unpaired) electrons. The zero-order chi connectivity index (χ0) is 13.0. The molecule has 0 fully saturated rings. The van der Waals surface area contributed by atoms with E-state index in [1.54, 1.807) is 35.7 Å². The highest BCUT2D eigenvalue weighted by molar-refractivity contribution is 9.11. The lowest BCUT2D eigenvalue weighted by atomic mass is 10.3. The number of carbonyl (C=O) groups is 1. The molecule has 0 saturated carbocycles. The van der Waals surface area contributed by atoms with Gasteiger partial charge in [-0.15, -0.1) is 11.3 Å². The number of amides is 1. The molecule has 1 amide bonds. The van der Waals surface area contributed by atoms with Crippen LogP contribution in [0.4, 0.5) is 0 Å². The molecule has 0 aliphatic rings. The number of rotatable bonds is 3. The van der Waals surface area contributed by atoms with Crippen molar-refractivity contribution in [1.29, 1.82) is 0 Å². The number of hydrazone groups is 1. The highest BCUT2D eigenvalue weighted by Crippen LogP contribution is 2.22. The first-order valence-electron chi connectivity index (χ1n) is 5.18. The van der Waals surface area contributed by atoms with Gasteiger partial charge in [0, 0.05) is 6.20 Å². The molecule has 0 aliphatic heterocycles. The Morgan fingerprint density at radius 3 is 2.83 bits per heavy atom. The van der Waals surface area contributed by atoms with Gasteiger partial charge in [-0.1, -0.05) is 6.07 Å². The van der Waals surface area contributed by atoms with Crippen molar-refractivity contribution in [2.24, 2.45) is 5.10 Å². The topological polar surface area (TPSA) is 54.4 Å². The quantitative estimate of drug-likeness (QED) is 0.697. The molecule has 0 bridgehead atoms. The van der Waals surface area contributed by atoms with Crippen LogP contribution >= 0.6 is 27.3 Å². The summed E-state index contributed by atoms with van der Waals surface area (Å²) in [5, 5.41) is 4.05. The summed E-state index contributed by atoms with van der Waals surface area (Å²) < 4.78 is 1.03. The molecule has 0 aliphatic carbocycles. The maximum atomic E-state index is 11.7. The predicted octanol–water partition coefficient (Wildman–Crippen LogP) is 3.06. The van der Waals surface area contributed by atoms with E-state index in [1.807, 2.05) is 19.1 Å². The molecule has 2 rings (SSSR count). The average Bonchev–Trinajstić information content (AvgIpc) is 2.83. The van der Waals surface area contributed by atoms with Gasteiger partial charge in [-0.25, -0.2) is 5.43 Å². The van der Waals surface area contributed by atoms with Crippen LogP contribution in [0.1, 0.15) is 22.3 Å². The number of aromatic nitrogens is 1. The SMILES string of the molecule is C/C(=N\NC(=O)c1ccccn1)c1ccc(Br)s1. The predicted molar refractivity (Wildman–Crippen MR) is 75.9 cm³/mol. The molecule has 2 aromatic rings. The van der Waals surface area contributed by atoms with Gasteiger partial charge >= 0.3 is 0 Å². The van der Waals surface area contributed by atoms with Crippen LogP contribution in [0.3, 0.4) is 0 Å². The molecule has 0 saturated heterocycles. The molecule has 0 atom stereocenters. The summed E-state index contributed by atoms with van der Waals surface area (Å²) in [6.45, 7) is 1.84. The molecule has 1 N–H and O–H groups in total. The standard InChI is InChI=1S/C12H10BrN3OS/c1-8(10-5-6-11(13)18-10)15-16-12(17)9-4-2-3-7-14-9/h2-7H,1H3,(H,16,17)/b15-8+. The van der Waals surface area contributed by atoms with Crippen LogP contribution < -0.4 is 5.43 Å². The Hall–Kier alpha value is -1.53. The van der Waals surface area contributed by atoms with Crippen LogP contribution in [0, 0.1) is 0 Å². The van der Waals surface area contributed by atoms with Crippen LogP contribution in [0.5, 0.6) is 0 Å². The summed E-state index contributed by atoms with van der Waals surface area (Å²) in [4.78, 5) is 16.6. The van der Waals surface area contributed by atoms with Crippen LogP contribution in [0.2, 0.25) is 0 Å². The Kier molecular flexibility index (Phi) is 4.22. The molecule has 6 heteroatoms. The van der Waals surface area contributed by atoms with Gasteiger partial charge in [-0.3, -0.25) is 9.78 Å². The van der Waals surface area contributed by atoms with Crippen molar-refractivity contribution in [3.05, 3.63) is 50.9 Å². The summed E-state index contributed by atoms with van der Waals surface area (Å²) in [7, 11) is 0. The molecular formula is C12H10BrN3OS. The monoisotopic (exact) mass is 323 g/mol. The Labute approximate surface area is 117 Å². The molecule has 92 valence electrons. The highest BCUT2D eigenvalue weighted by Gasteiger charge is 2.06. The third kappa shape index (κ3) is 3.24. The first kappa shape index (κ1) is 12.9. The van der Waals surface area contributed by atoms with Crippen molar-refractivity contribution in [2.45, 2.75) is 6.92 Å². The smallest absolute Gasteiger partial charge is 0.266 e. The third-order valence-corrected chi connectivity index (χ3v) is 3.88. The molecule has 2 aromatic heterocycles. The van der Waals surface area contributed by atoms with E-state index >= 15 is 0 Å². The van der Waals surface area contributed by atoms with Gasteiger partial charge in [0.15, 0.2) is 0 Å². The number of nitrogens with one attached hydrogen (secondary N) is 1. The van der Waals surface area contributed by atoms with Crippen molar-refractivity contribution < 1.29 is 4.79 Å². The fourth-order valence-corrected chi connectivity index (χ4v) is 2.58.